The summed E-state index contributed by atoms with van der Waals surface area (Å²) in [5, 5.41) is 1.67. The summed E-state index contributed by atoms with van der Waals surface area (Å²) >= 11 is 2.34. The van der Waals surface area contributed by atoms with Gasteiger partial charge in [0.1, 0.15) is 0 Å². The van der Waals surface area contributed by atoms with Crippen molar-refractivity contribution in [3.63, 3.8) is 0 Å². The quantitative estimate of drug-likeness (QED) is 0.437. The van der Waals surface area contributed by atoms with Crippen molar-refractivity contribution in [2.45, 2.75) is 53.3 Å². The van der Waals surface area contributed by atoms with Gasteiger partial charge in [-0.05, 0) is 0 Å². The van der Waals surface area contributed by atoms with E-state index in [4.69, 9.17) is 0 Å². The molecular weight excluding hydrogens is 399 g/mol. The molecule has 0 spiro atoms. The fourth-order valence-corrected chi connectivity index (χ4v) is 6.75. The molecule has 1 aromatic rings. The molecule has 5 heteroatoms. The largest absolute Gasteiger partial charge is 1.00 e. The van der Waals surface area contributed by atoms with Crippen molar-refractivity contribution >= 4 is 8.07 Å². The minimum atomic E-state index is -1.18. The van der Waals surface area contributed by atoms with E-state index in [0.717, 1.165) is 12.8 Å². The van der Waals surface area contributed by atoms with Gasteiger partial charge in [-0.3, -0.25) is 0 Å². The van der Waals surface area contributed by atoms with Crippen LogP contribution in [0.15, 0.2) is 32.9 Å². The van der Waals surface area contributed by atoms with Crippen LogP contribution in [0.25, 0.3) is 0 Å². The first-order valence-corrected chi connectivity index (χ1v) is 11.7. The van der Waals surface area contributed by atoms with E-state index in [1.807, 2.05) is 0 Å². The van der Waals surface area contributed by atoms with Crippen molar-refractivity contribution < 1.29 is 57.7 Å². The van der Waals surface area contributed by atoms with E-state index in [0.29, 0.717) is 0 Å². The van der Waals surface area contributed by atoms with Crippen molar-refractivity contribution in [3.05, 3.63) is 55.1 Å². The number of hydrogen-bond donors (Lipinski definition) is 0. The first-order chi connectivity index (χ1) is 9.21. The molecule has 0 N–H and O–H groups in total. The summed E-state index contributed by atoms with van der Waals surface area (Å²) in [5.41, 5.74) is 7.48. The zero-order valence-corrected chi connectivity index (χ0v) is 19.6. The molecule has 2 rings (SSSR count). The topological polar surface area (TPSA) is 0 Å². The molecule has 0 nitrogen and oxygen atoms in total. The average molecular weight is 424 g/mol. The Kier molecular flexibility index (Phi) is 11.0. The smallest absolute Gasteiger partial charge is 1.00 e. The second-order valence-electron chi connectivity index (χ2n) is 7.02. The van der Waals surface area contributed by atoms with E-state index < -0.39 is 8.07 Å². The predicted molar refractivity (Wildman–Crippen MR) is 87.4 cm³/mol. The normalized spacial score (nSPS) is 13.8. The Balaban J connectivity index is 0. The standard InChI is InChI=1S/C18H25Si.3ClH.Ti/c1-13-7-9-17(15(3)14(13)2)11-16-8-10-18(12-16)19(4,5)6;;;;/h7,9-10H,8,11H2,1-6H3;3*1H;/q;;;;+3/p-3. The molecule has 0 aromatic heterocycles. The van der Waals surface area contributed by atoms with E-state index in [1.165, 1.54) is 22.3 Å². The molecule has 0 unspecified atom stereocenters. The summed E-state index contributed by atoms with van der Waals surface area (Å²) in [7, 11) is -1.18. The van der Waals surface area contributed by atoms with Gasteiger partial charge in [0.2, 0.25) is 0 Å². The molecule has 0 atom stereocenters. The summed E-state index contributed by atoms with van der Waals surface area (Å²) in [6, 6.07) is 4.60. The van der Waals surface area contributed by atoms with E-state index in [-0.39, 0.29) is 37.2 Å². The third kappa shape index (κ3) is 5.77. The summed E-state index contributed by atoms with van der Waals surface area (Å²) in [6.45, 7) is 14.1. The first kappa shape index (κ1) is 25.7. The molecule has 1 aliphatic carbocycles. The molecule has 0 bridgehead atoms. The van der Waals surface area contributed by atoms with Crippen LogP contribution in [0, 0.1) is 20.8 Å². The molecular formula is C18H25Cl3SiTi. The minimum Gasteiger partial charge on any atom is -1.00 e. The van der Waals surface area contributed by atoms with Crippen LogP contribution in [0.4, 0.5) is 0 Å². The van der Waals surface area contributed by atoms with Crippen molar-refractivity contribution in [1.29, 1.82) is 0 Å². The number of allylic oxidation sites excluding steroid dienone is 4. The van der Waals surface area contributed by atoms with Crippen molar-refractivity contribution in [2.24, 2.45) is 0 Å². The van der Waals surface area contributed by atoms with Gasteiger partial charge in [0.15, 0.2) is 0 Å². The van der Waals surface area contributed by atoms with Gasteiger partial charge < -0.3 is 37.2 Å². The Morgan fingerprint density at radius 3 is 2.00 bits per heavy atom. The summed E-state index contributed by atoms with van der Waals surface area (Å²) in [4.78, 5) is 0. The van der Waals surface area contributed by atoms with Gasteiger partial charge in [0.05, 0.1) is 0 Å². The minimum absolute atomic E-state index is 0. The zero-order chi connectivity index (χ0) is 15.1. The van der Waals surface area contributed by atoms with E-state index in [2.05, 4.69) is 79.1 Å². The van der Waals surface area contributed by atoms with Gasteiger partial charge in [-0.2, -0.15) is 0 Å². The van der Waals surface area contributed by atoms with Crippen LogP contribution in [0.2, 0.25) is 19.6 Å². The van der Waals surface area contributed by atoms with Crippen LogP contribution in [0.1, 0.15) is 28.7 Å². The molecule has 0 amide bonds. The summed E-state index contributed by atoms with van der Waals surface area (Å²) in [5.74, 6) is 0. The maximum absolute atomic E-state index is 2.49. The average Bonchev–Trinajstić information content (AvgIpc) is 2.71. The summed E-state index contributed by atoms with van der Waals surface area (Å²) < 4.78 is 1.58. The molecule has 126 valence electrons. The van der Waals surface area contributed by atoms with Crippen LogP contribution in [-0.4, -0.2) is 8.07 Å². The molecule has 0 heterocycles. The second kappa shape index (κ2) is 9.85. The third-order valence-electron chi connectivity index (χ3n) is 4.56. The monoisotopic (exact) mass is 422 g/mol. The molecule has 23 heavy (non-hydrogen) atoms. The first-order valence-electron chi connectivity index (χ1n) is 7.42. The molecule has 0 aliphatic heterocycles. The van der Waals surface area contributed by atoms with Gasteiger partial charge in [-0.15, -0.1) is 0 Å². The van der Waals surface area contributed by atoms with Crippen LogP contribution in [0.3, 0.4) is 0 Å². The van der Waals surface area contributed by atoms with Gasteiger partial charge in [-0.25, -0.2) is 0 Å². The molecule has 0 saturated carbocycles. The van der Waals surface area contributed by atoms with Crippen molar-refractivity contribution in [3.8, 4) is 0 Å². The molecule has 1 aromatic carbocycles. The van der Waals surface area contributed by atoms with Gasteiger partial charge >= 0.3 is 137 Å². The van der Waals surface area contributed by atoms with Crippen LogP contribution in [-0.2, 0) is 26.9 Å². The van der Waals surface area contributed by atoms with Gasteiger partial charge in [0, 0.05) is 0 Å². The Labute approximate surface area is 173 Å². The fourth-order valence-electron chi connectivity index (χ4n) is 2.90. The van der Waals surface area contributed by atoms with E-state index >= 15 is 0 Å². The maximum Gasteiger partial charge on any atom is -1.00 e. The van der Waals surface area contributed by atoms with Gasteiger partial charge in [0.25, 0.3) is 0 Å². The van der Waals surface area contributed by atoms with Crippen LogP contribution >= 0.6 is 0 Å². The Morgan fingerprint density at radius 1 is 0.957 bits per heavy atom. The van der Waals surface area contributed by atoms with Gasteiger partial charge in [-0.1, -0.05) is 0 Å². The van der Waals surface area contributed by atoms with Crippen LogP contribution in [0.5, 0.6) is 0 Å². The molecule has 0 fully saturated rings. The number of aryl methyl sites for hydroxylation is 1. The number of halogens is 3. The van der Waals surface area contributed by atoms with E-state index in [1.54, 1.807) is 14.6 Å². The molecule has 0 radical (unpaired) electrons. The predicted octanol–water partition coefficient (Wildman–Crippen LogP) is -3.83. The van der Waals surface area contributed by atoms with Crippen LogP contribution < -0.4 is 37.2 Å². The summed E-state index contributed by atoms with van der Waals surface area (Å²) in [6.07, 6.45) is 4.79. The fraction of sp³-hybridized carbons (Fsp3) is 0.444. The maximum atomic E-state index is 2.49. The Hall–Kier alpha value is 0.501. The Morgan fingerprint density at radius 2 is 1.52 bits per heavy atom. The van der Waals surface area contributed by atoms with E-state index in [9.17, 15) is 0 Å². The SMILES string of the molecule is Cc1ccc(CC2=[C]([Ti+3])C([Si](C)(C)C)=CC2)c(C)c1C.[Cl-].[Cl-].[Cl-]. The number of hydrogen-bond acceptors (Lipinski definition) is 0. The number of benzene rings is 1. The zero-order valence-electron chi connectivity index (χ0n) is 14.8. The third-order valence-corrected chi connectivity index (χ3v) is 7.99. The second-order valence-corrected chi connectivity index (χ2v) is 12.8. The van der Waals surface area contributed by atoms with Crippen molar-refractivity contribution in [2.75, 3.05) is 0 Å². The molecule has 1 aliphatic rings. The van der Waals surface area contributed by atoms with Crippen molar-refractivity contribution in [1.82, 2.24) is 0 Å². The number of rotatable bonds is 3. The molecule has 0 saturated heterocycles. The Bertz CT molecular complexity index is 613.